The number of carbonyl (C=O) groups is 2. The van der Waals surface area contributed by atoms with Crippen molar-refractivity contribution in [2.75, 3.05) is 12.3 Å². The van der Waals surface area contributed by atoms with Gasteiger partial charge in [-0.3, -0.25) is 9.59 Å². The maximum absolute atomic E-state index is 12.9. The van der Waals surface area contributed by atoms with Gasteiger partial charge >= 0.3 is 0 Å². The number of rotatable bonds is 9. The molecule has 2 amide bonds. The van der Waals surface area contributed by atoms with Crippen LogP contribution in [0.3, 0.4) is 0 Å². The summed E-state index contributed by atoms with van der Waals surface area (Å²) in [6, 6.07) is 17.4. The standard InChI is InChI=1S/C21H25BrN2O2S/c1-3-23-21(26)16(2)24(13-18-10-7-11-19(22)12-18)20(25)15-27-14-17-8-5-4-6-9-17/h4-12,16H,3,13-15H2,1-2H3,(H,23,26). The Morgan fingerprint density at radius 2 is 1.81 bits per heavy atom. The van der Waals surface area contributed by atoms with Crippen LogP contribution in [0.4, 0.5) is 0 Å². The molecule has 0 spiro atoms. The molecule has 0 aliphatic carbocycles. The van der Waals surface area contributed by atoms with Crippen LogP contribution in [0.25, 0.3) is 0 Å². The Balaban J connectivity index is 2.05. The van der Waals surface area contributed by atoms with Crippen molar-refractivity contribution in [2.24, 2.45) is 0 Å². The topological polar surface area (TPSA) is 49.4 Å². The maximum Gasteiger partial charge on any atom is 0.242 e. The van der Waals surface area contributed by atoms with Gasteiger partial charge in [0.2, 0.25) is 11.8 Å². The first-order chi connectivity index (χ1) is 13.0. The van der Waals surface area contributed by atoms with Gasteiger partial charge in [-0.15, -0.1) is 11.8 Å². The van der Waals surface area contributed by atoms with Crippen molar-refractivity contribution in [3.63, 3.8) is 0 Å². The molecular weight excluding hydrogens is 424 g/mol. The summed E-state index contributed by atoms with van der Waals surface area (Å²) in [7, 11) is 0. The number of benzene rings is 2. The average molecular weight is 449 g/mol. The molecule has 0 bridgehead atoms. The number of nitrogens with zero attached hydrogens (tertiary/aromatic N) is 1. The van der Waals surface area contributed by atoms with E-state index >= 15 is 0 Å². The van der Waals surface area contributed by atoms with Crippen LogP contribution in [0.2, 0.25) is 0 Å². The second-order valence-electron chi connectivity index (χ2n) is 6.20. The molecule has 0 fully saturated rings. The predicted molar refractivity (Wildman–Crippen MR) is 115 cm³/mol. The molecule has 2 aromatic carbocycles. The fourth-order valence-corrected chi connectivity index (χ4v) is 3.97. The van der Waals surface area contributed by atoms with Crippen LogP contribution < -0.4 is 5.32 Å². The van der Waals surface area contributed by atoms with Gasteiger partial charge < -0.3 is 10.2 Å². The predicted octanol–water partition coefficient (Wildman–Crippen LogP) is 4.24. The lowest BCUT2D eigenvalue weighted by atomic mass is 10.1. The van der Waals surface area contributed by atoms with E-state index in [1.807, 2.05) is 61.5 Å². The van der Waals surface area contributed by atoms with Crippen LogP contribution in [0.5, 0.6) is 0 Å². The Morgan fingerprint density at radius 3 is 2.48 bits per heavy atom. The highest BCUT2D eigenvalue weighted by molar-refractivity contribution is 9.10. The lowest BCUT2D eigenvalue weighted by molar-refractivity contribution is -0.138. The molecule has 0 saturated carbocycles. The van der Waals surface area contributed by atoms with E-state index in [1.165, 1.54) is 5.56 Å². The SMILES string of the molecule is CCNC(=O)C(C)N(Cc1cccc(Br)c1)C(=O)CSCc1ccccc1. The van der Waals surface area contributed by atoms with Gasteiger partial charge in [0, 0.05) is 23.3 Å². The highest BCUT2D eigenvalue weighted by Crippen LogP contribution is 2.18. The van der Waals surface area contributed by atoms with Crippen molar-refractivity contribution in [1.29, 1.82) is 0 Å². The van der Waals surface area contributed by atoms with Gasteiger partial charge in [0.25, 0.3) is 0 Å². The Morgan fingerprint density at radius 1 is 1.11 bits per heavy atom. The Kier molecular flexibility index (Phi) is 8.88. The number of carbonyl (C=O) groups excluding carboxylic acids is 2. The molecule has 0 saturated heterocycles. The molecule has 0 aliphatic rings. The van der Waals surface area contributed by atoms with Gasteiger partial charge in [0.05, 0.1) is 5.75 Å². The first kappa shape index (κ1) is 21.5. The van der Waals surface area contributed by atoms with Crippen LogP contribution in [0.1, 0.15) is 25.0 Å². The van der Waals surface area contributed by atoms with Crippen molar-refractivity contribution in [3.8, 4) is 0 Å². The van der Waals surface area contributed by atoms with Gasteiger partial charge in [0.15, 0.2) is 0 Å². The minimum atomic E-state index is -0.520. The number of likely N-dealkylation sites (N-methyl/N-ethyl adjacent to an activating group) is 1. The summed E-state index contributed by atoms with van der Waals surface area (Å²) in [6.45, 7) is 4.61. The highest BCUT2D eigenvalue weighted by Gasteiger charge is 2.25. The van der Waals surface area contributed by atoms with E-state index in [0.717, 1.165) is 15.8 Å². The van der Waals surface area contributed by atoms with E-state index in [1.54, 1.807) is 23.6 Å². The molecule has 0 aliphatic heterocycles. The number of nitrogens with one attached hydrogen (secondary N) is 1. The third-order valence-corrected chi connectivity index (χ3v) is 5.58. The molecule has 2 rings (SSSR count). The summed E-state index contributed by atoms with van der Waals surface area (Å²) in [5.41, 5.74) is 2.17. The normalized spacial score (nSPS) is 11.7. The molecule has 1 atom stereocenters. The fourth-order valence-electron chi connectivity index (χ4n) is 2.65. The molecule has 1 N–H and O–H groups in total. The van der Waals surface area contributed by atoms with Gasteiger partial charge in [-0.25, -0.2) is 0 Å². The molecule has 0 aromatic heterocycles. The quantitative estimate of drug-likeness (QED) is 0.623. The summed E-state index contributed by atoms with van der Waals surface area (Å²) >= 11 is 5.03. The van der Waals surface area contributed by atoms with E-state index in [-0.39, 0.29) is 11.8 Å². The second-order valence-corrected chi connectivity index (χ2v) is 8.10. The van der Waals surface area contributed by atoms with Crippen molar-refractivity contribution < 1.29 is 9.59 Å². The van der Waals surface area contributed by atoms with Crippen molar-refractivity contribution in [2.45, 2.75) is 32.2 Å². The number of amides is 2. The van der Waals surface area contributed by atoms with Gasteiger partial charge in [-0.1, -0.05) is 58.4 Å². The van der Waals surface area contributed by atoms with Crippen LogP contribution in [0, 0.1) is 0 Å². The maximum atomic E-state index is 12.9. The lowest BCUT2D eigenvalue weighted by Crippen LogP contribution is -2.48. The van der Waals surface area contributed by atoms with Crippen LogP contribution in [-0.4, -0.2) is 35.1 Å². The van der Waals surface area contributed by atoms with E-state index in [4.69, 9.17) is 0 Å². The smallest absolute Gasteiger partial charge is 0.242 e. The molecule has 0 radical (unpaired) electrons. The monoisotopic (exact) mass is 448 g/mol. The van der Waals surface area contributed by atoms with E-state index in [2.05, 4.69) is 21.2 Å². The average Bonchev–Trinajstić information content (AvgIpc) is 2.66. The number of thioether (sulfide) groups is 1. The lowest BCUT2D eigenvalue weighted by Gasteiger charge is -2.28. The van der Waals surface area contributed by atoms with Crippen molar-refractivity contribution in [3.05, 3.63) is 70.2 Å². The first-order valence-corrected chi connectivity index (χ1v) is 10.9. The number of hydrogen-bond donors (Lipinski definition) is 1. The van der Waals surface area contributed by atoms with Crippen molar-refractivity contribution in [1.82, 2.24) is 10.2 Å². The van der Waals surface area contributed by atoms with Gasteiger partial charge in [-0.2, -0.15) is 0 Å². The summed E-state index contributed by atoms with van der Waals surface area (Å²) < 4.78 is 0.955. The first-order valence-electron chi connectivity index (χ1n) is 8.94. The summed E-state index contributed by atoms with van der Waals surface area (Å²) in [6.07, 6.45) is 0. The van der Waals surface area contributed by atoms with Crippen LogP contribution >= 0.6 is 27.7 Å². The number of halogens is 1. The highest BCUT2D eigenvalue weighted by atomic mass is 79.9. The Hall–Kier alpha value is -1.79. The van der Waals surface area contributed by atoms with E-state index < -0.39 is 6.04 Å². The molecular formula is C21H25BrN2O2S. The Labute approximate surface area is 173 Å². The van der Waals surface area contributed by atoms with Crippen LogP contribution in [0.15, 0.2) is 59.1 Å². The Bertz CT molecular complexity index is 755. The van der Waals surface area contributed by atoms with Gasteiger partial charge in [-0.05, 0) is 37.1 Å². The fraction of sp³-hybridized carbons (Fsp3) is 0.333. The van der Waals surface area contributed by atoms with E-state index in [9.17, 15) is 9.59 Å². The number of hydrogen-bond acceptors (Lipinski definition) is 3. The molecule has 0 heterocycles. The molecule has 144 valence electrons. The zero-order valence-corrected chi connectivity index (χ0v) is 18.1. The summed E-state index contributed by atoms with van der Waals surface area (Å²) in [5, 5.41) is 2.81. The third-order valence-electron chi connectivity index (χ3n) is 4.10. The molecule has 6 heteroatoms. The summed E-state index contributed by atoms with van der Waals surface area (Å²) in [4.78, 5) is 26.9. The zero-order valence-electron chi connectivity index (χ0n) is 15.7. The molecule has 1 unspecified atom stereocenters. The molecule has 27 heavy (non-hydrogen) atoms. The molecule has 4 nitrogen and oxygen atoms in total. The van der Waals surface area contributed by atoms with Crippen LogP contribution in [-0.2, 0) is 21.9 Å². The largest absolute Gasteiger partial charge is 0.355 e. The minimum absolute atomic E-state index is 0.0327. The summed E-state index contributed by atoms with van der Waals surface area (Å²) in [5.74, 6) is 0.947. The minimum Gasteiger partial charge on any atom is -0.355 e. The van der Waals surface area contributed by atoms with E-state index in [0.29, 0.717) is 18.8 Å². The van der Waals surface area contributed by atoms with Crippen molar-refractivity contribution >= 4 is 39.5 Å². The second kappa shape index (κ2) is 11.1. The zero-order chi connectivity index (χ0) is 19.6. The van der Waals surface area contributed by atoms with Gasteiger partial charge in [0.1, 0.15) is 6.04 Å². The third kappa shape index (κ3) is 7.03. The molecule has 2 aromatic rings.